The summed E-state index contributed by atoms with van der Waals surface area (Å²) in [6.45, 7) is 5.43. The number of nitrogens with one attached hydrogen (secondary N) is 2. The molecule has 0 aromatic heterocycles. The number of ether oxygens (including phenoxy) is 1. The fourth-order valence-corrected chi connectivity index (χ4v) is 4.00. The number of aliphatic carboxylic acids is 1. The Morgan fingerprint density at radius 2 is 2.06 bits per heavy atom. The minimum absolute atomic E-state index is 0.186. The summed E-state index contributed by atoms with van der Waals surface area (Å²) in [4.78, 5) is 52.9. The number of β-lactam (4-membered cyclic amide) rings is 1. The number of carbonyl (C=O) groups excluding carboxylic acids is 3. The van der Waals surface area contributed by atoms with E-state index in [9.17, 15) is 24.3 Å². The van der Waals surface area contributed by atoms with E-state index in [2.05, 4.69) is 33.3 Å². The lowest BCUT2D eigenvalue weighted by Gasteiger charge is -2.54. The highest BCUT2D eigenvalue weighted by Gasteiger charge is 2.58. The third kappa shape index (κ3) is 6.05. The molecule has 0 aromatic carbocycles. The van der Waals surface area contributed by atoms with E-state index >= 15 is 0 Å². The zero-order valence-electron chi connectivity index (χ0n) is 17.4. The van der Waals surface area contributed by atoms with E-state index in [4.69, 9.17) is 10.3 Å². The zero-order valence-corrected chi connectivity index (χ0v) is 18.3. The number of nitrogens with zero attached hydrogens (tertiary/aromatic N) is 4. The van der Waals surface area contributed by atoms with Crippen molar-refractivity contribution in [2.45, 2.75) is 62.6 Å². The first kappa shape index (κ1) is 24.4. The summed E-state index contributed by atoms with van der Waals surface area (Å²) in [5.41, 5.74) is 7.77. The van der Waals surface area contributed by atoms with Gasteiger partial charge in [0.15, 0.2) is 0 Å². The molecule has 2 aliphatic rings. The molecule has 3 amide bonds. The Labute approximate surface area is 184 Å². The van der Waals surface area contributed by atoms with Crippen molar-refractivity contribution in [3.8, 4) is 0 Å². The number of amides is 3. The van der Waals surface area contributed by atoms with Crippen molar-refractivity contribution < 1.29 is 29.0 Å². The minimum atomic E-state index is -1.15. The number of carboxylic acid groups (broad SMARTS) is 1. The van der Waals surface area contributed by atoms with Crippen LogP contribution in [0.2, 0.25) is 0 Å². The quantitative estimate of drug-likeness (QED) is 0.0809. The van der Waals surface area contributed by atoms with Gasteiger partial charge in [0.25, 0.3) is 0 Å². The molecule has 4 atom stereocenters. The molecular weight excluding hydrogens is 428 g/mol. The average molecular weight is 455 g/mol. The van der Waals surface area contributed by atoms with Crippen LogP contribution >= 0.6 is 12.6 Å². The highest BCUT2D eigenvalue weighted by Crippen LogP contribution is 2.37. The zero-order chi connectivity index (χ0) is 23.3. The van der Waals surface area contributed by atoms with Crippen LogP contribution in [-0.2, 0) is 19.1 Å². The number of fused-ring (bicyclic) bond motifs is 1. The smallest absolute Gasteiger partial charge is 0.408 e. The second-order valence-electron chi connectivity index (χ2n) is 8.16. The van der Waals surface area contributed by atoms with Crippen molar-refractivity contribution in [3.63, 3.8) is 0 Å². The summed E-state index contributed by atoms with van der Waals surface area (Å²) < 4.78 is 5.19. The SMILES string of the molecule is CC(C)(C)OC(=O)N[C@H]1C(=O)N2[C@@H](C(=O)NCCCN=[N+]=[N-])C(CC(=O)O)=CC(S)[C@@H]12. The number of carbonyl (C=O) groups is 4. The van der Waals surface area contributed by atoms with Crippen molar-refractivity contribution in [1.82, 2.24) is 15.5 Å². The maximum atomic E-state index is 12.8. The van der Waals surface area contributed by atoms with E-state index in [1.54, 1.807) is 26.8 Å². The van der Waals surface area contributed by atoms with Gasteiger partial charge in [-0.05, 0) is 38.3 Å². The van der Waals surface area contributed by atoms with Crippen LogP contribution < -0.4 is 10.6 Å². The summed E-state index contributed by atoms with van der Waals surface area (Å²) in [6, 6.07) is -2.71. The summed E-state index contributed by atoms with van der Waals surface area (Å²) in [6.07, 6.45) is 0.717. The average Bonchev–Trinajstić information content (AvgIpc) is 2.63. The van der Waals surface area contributed by atoms with Gasteiger partial charge in [-0.3, -0.25) is 14.4 Å². The van der Waals surface area contributed by atoms with Crippen LogP contribution in [0, 0.1) is 0 Å². The Morgan fingerprint density at radius 1 is 1.39 bits per heavy atom. The Balaban J connectivity index is 2.18. The third-order valence-electron chi connectivity index (χ3n) is 4.62. The molecule has 2 rings (SSSR count). The lowest BCUT2D eigenvalue weighted by Crippen LogP contribution is -2.78. The number of hydrogen-bond acceptors (Lipinski definition) is 7. The fraction of sp³-hybridized carbons (Fsp3) is 0.667. The summed E-state index contributed by atoms with van der Waals surface area (Å²) in [5.74, 6) is -2.23. The van der Waals surface area contributed by atoms with Crippen LogP contribution in [0.15, 0.2) is 16.8 Å². The van der Waals surface area contributed by atoms with Gasteiger partial charge in [-0.2, -0.15) is 12.6 Å². The maximum Gasteiger partial charge on any atom is 0.408 e. The summed E-state index contributed by atoms with van der Waals surface area (Å²) in [5, 5.41) is 17.2. The van der Waals surface area contributed by atoms with Gasteiger partial charge in [-0.1, -0.05) is 11.2 Å². The standard InChI is InChI=1S/C18H26N6O6S/c1-18(2,3)30-17(29)22-12-14-10(31)7-9(8-11(25)26)13(24(14)16(12)28)15(27)20-5-4-6-21-23-19/h7,10,12-14,31H,4-6,8H2,1-3H3,(H,20,27)(H,22,29)(H,25,26)/t10?,12-,13-,14+/m1/s1. The third-order valence-corrected chi connectivity index (χ3v) is 5.08. The first-order valence-electron chi connectivity index (χ1n) is 9.67. The van der Waals surface area contributed by atoms with E-state index in [1.165, 1.54) is 4.90 Å². The first-order chi connectivity index (χ1) is 14.5. The molecule has 170 valence electrons. The van der Waals surface area contributed by atoms with Crippen LogP contribution in [0.5, 0.6) is 0 Å². The molecule has 3 N–H and O–H groups in total. The summed E-state index contributed by atoms with van der Waals surface area (Å²) in [7, 11) is 0. The van der Waals surface area contributed by atoms with Crippen molar-refractivity contribution >= 4 is 36.5 Å². The summed E-state index contributed by atoms with van der Waals surface area (Å²) >= 11 is 4.44. The van der Waals surface area contributed by atoms with E-state index < -0.39 is 59.3 Å². The Kier molecular flexibility index (Phi) is 7.80. The van der Waals surface area contributed by atoms with E-state index in [-0.39, 0.29) is 18.7 Å². The van der Waals surface area contributed by atoms with Gasteiger partial charge in [0.2, 0.25) is 11.8 Å². The number of azide groups is 1. The molecule has 0 saturated carbocycles. The molecule has 0 spiro atoms. The number of hydrogen-bond donors (Lipinski definition) is 4. The van der Waals surface area contributed by atoms with Gasteiger partial charge in [-0.15, -0.1) is 0 Å². The van der Waals surface area contributed by atoms with Crippen LogP contribution in [-0.4, -0.2) is 75.9 Å². The second kappa shape index (κ2) is 9.92. The maximum absolute atomic E-state index is 12.8. The minimum Gasteiger partial charge on any atom is -0.481 e. The van der Waals surface area contributed by atoms with Crippen LogP contribution in [0.25, 0.3) is 10.4 Å². The molecule has 13 heteroatoms. The van der Waals surface area contributed by atoms with Gasteiger partial charge in [0.1, 0.15) is 17.7 Å². The topological polar surface area (TPSA) is 174 Å². The molecule has 0 radical (unpaired) electrons. The molecule has 1 unspecified atom stereocenters. The molecule has 2 heterocycles. The van der Waals surface area contributed by atoms with Crippen LogP contribution in [0.1, 0.15) is 33.6 Å². The molecule has 1 saturated heterocycles. The largest absolute Gasteiger partial charge is 0.481 e. The number of rotatable bonds is 8. The van der Waals surface area contributed by atoms with Gasteiger partial charge in [0, 0.05) is 23.3 Å². The lowest BCUT2D eigenvalue weighted by atomic mass is 9.81. The number of alkyl carbamates (subject to hydrolysis) is 1. The highest BCUT2D eigenvalue weighted by atomic mass is 32.1. The van der Waals surface area contributed by atoms with Crippen LogP contribution in [0.3, 0.4) is 0 Å². The molecule has 12 nitrogen and oxygen atoms in total. The lowest BCUT2D eigenvalue weighted by molar-refractivity contribution is -0.159. The van der Waals surface area contributed by atoms with Gasteiger partial charge >= 0.3 is 12.1 Å². The van der Waals surface area contributed by atoms with Crippen molar-refractivity contribution in [2.24, 2.45) is 5.11 Å². The molecule has 2 aliphatic heterocycles. The number of carboxylic acids is 1. The fourth-order valence-electron chi connectivity index (χ4n) is 3.49. The second-order valence-corrected chi connectivity index (χ2v) is 8.76. The van der Waals surface area contributed by atoms with E-state index in [0.29, 0.717) is 6.42 Å². The van der Waals surface area contributed by atoms with Crippen LogP contribution in [0.4, 0.5) is 4.79 Å². The van der Waals surface area contributed by atoms with Gasteiger partial charge in [0.05, 0.1) is 12.5 Å². The molecule has 1 fully saturated rings. The van der Waals surface area contributed by atoms with E-state index in [0.717, 1.165) is 0 Å². The Hall–Kier alpha value is -2.92. The molecule has 0 aliphatic carbocycles. The molecule has 0 aromatic rings. The molecule has 0 bridgehead atoms. The molecule has 31 heavy (non-hydrogen) atoms. The van der Waals surface area contributed by atoms with Gasteiger partial charge in [-0.25, -0.2) is 4.79 Å². The molecular formula is C18H26N6O6S. The Bertz CT molecular complexity index is 834. The first-order valence-corrected chi connectivity index (χ1v) is 10.2. The Morgan fingerprint density at radius 3 is 2.65 bits per heavy atom. The highest BCUT2D eigenvalue weighted by molar-refractivity contribution is 7.81. The monoisotopic (exact) mass is 454 g/mol. The normalized spacial score (nSPS) is 24.7. The van der Waals surface area contributed by atoms with Crippen molar-refractivity contribution in [1.29, 1.82) is 0 Å². The number of thiol groups is 1. The van der Waals surface area contributed by atoms with Gasteiger partial charge < -0.3 is 25.4 Å². The van der Waals surface area contributed by atoms with Crippen molar-refractivity contribution in [2.75, 3.05) is 13.1 Å². The van der Waals surface area contributed by atoms with Crippen molar-refractivity contribution in [3.05, 3.63) is 22.1 Å². The predicted octanol–water partition coefficient (Wildman–Crippen LogP) is 0.989. The predicted molar refractivity (Wildman–Crippen MR) is 112 cm³/mol. The van der Waals surface area contributed by atoms with E-state index in [1.807, 2.05) is 0 Å².